The Labute approximate surface area is 90.1 Å². The van der Waals surface area contributed by atoms with Gasteiger partial charge in [0.1, 0.15) is 5.82 Å². The second kappa shape index (κ2) is 5.24. The topological polar surface area (TPSA) is 32.3 Å². The van der Waals surface area contributed by atoms with Crippen LogP contribution in [0.1, 0.15) is 19.4 Å². The summed E-state index contributed by atoms with van der Waals surface area (Å²) in [5.41, 5.74) is 0.278. The maximum absolute atomic E-state index is 12.8. The molecule has 2 nitrogen and oxygen atoms in total. The molecular weight excluding hydrogens is 193 g/mol. The molecule has 0 fully saturated rings. The van der Waals surface area contributed by atoms with Crippen LogP contribution in [0.2, 0.25) is 0 Å². The SMILES string of the molecule is CC(C)(O)CNCCc1cccc(F)c1. The lowest BCUT2D eigenvalue weighted by Gasteiger charge is -2.17. The summed E-state index contributed by atoms with van der Waals surface area (Å²) < 4.78 is 12.8. The Balaban J connectivity index is 2.26. The minimum atomic E-state index is -0.693. The number of nitrogens with one attached hydrogen (secondary N) is 1. The van der Waals surface area contributed by atoms with E-state index in [0.29, 0.717) is 6.54 Å². The highest BCUT2D eigenvalue weighted by Crippen LogP contribution is 2.04. The Morgan fingerprint density at radius 3 is 2.73 bits per heavy atom. The summed E-state index contributed by atoms with van der Waals surface area (Å²) in [6.07, 6.45) is 0.772. The molecule has 1 aromatic rings. The van der Waals surface area contributed by atoms with Crippen LogP contribution in [0.4, 0.5) is 4.39 Å². The fourth-order valence-electron chi connectivity index (χ4n) is 1.32. The maximum atomic E-state index is 12.8. The highest BCUT2D eigenvalue weighted by molar-refractivity contribution is 5.16. The van der Waals surface area contributed by atoms with E-state index in [1.54, 1.807) is 19.9 Å². The molecule has 1 rings (SSSR count). The third-order valence-corrected chi connectivity index (χ3v) is 2.04. The maximum Gasteiger partial charge on any atom is 0.123 e. The minimum Gasteiger partial charge on any atom is -0.389 e. The minimum absolute atomic E-state index is 0.199. The zero-order chi connectivity index (χ0) is 11.3. The van der Waals surface area contributed by atoms with Gasteiger partial charge in [-0.1, -0.05) is 12.1 Å². The molecule has 2 N–H and O–H groups in total. The van der Waals surface area contributed by atoms with Gasteiger partial charge >= 0.3 is 0 Å². The van der Waals surface area contributed by atoms with E-state index in [9.17, 15) is 9.50 Å². The Morgan fingerprint density at radius 2 is 2.13 bits per heavy atom. The zero-order valence-electron chi connectivity index (χ0n) is 9.26. The van der Waals surface area contributed by atoms with Crippen molar-refractivity contribution in [2.45, 2.75) is 25.9 Å². The molecule has 0 saturated carbocycles. The van der Waals surface area contributed by atoms with Gasteiger partial charge < -0.3 is 10.4 Å². The van der Waals surface area contributed by atoms with Crippen molar-refractivity contribution < 1.29 is 9.50 Å². The van der Waals surface area contributed by atoms with Crippen molar-refractivity contribution in [2.24, 2.45) is 0 Å². The molecule has 0 heterocycles. The summed E-state index contributed by atoms with van der Waals surface area (Å²) in [5, 5.41) is 12.6. The van der Waals surface area contributed by atoms with Crippen LogP contribution in [-0.4, -0.2) is 23.8 Å². The smallest absolute Gasteiger partial charge is 0.123 e. The van der Waals surface area contributed by atoms with Gasteiger partial charge in [0.05, 0.1) is 5.60 Å². The molecule has 1 aromatic carbocycles. The summed E-state index contributed by atoms with van der Waals surface area (Å²) >= 11 is 0. The predicted molar refractivity (Wildman–Crippen MR) is 59.3 cm³/mol. The third-order valence-electron chi connectivity index (χ3n) is 2.04. The van der Waals surface area contributed by atoms with E-state index in [1.165, 1.54) is 12.1 Å². The van der Waals surface area contributed by atoms with Crippen molar-refractivity contribution >= 4 is 0 Å². The molecular formula is C12H18FNO. The third kappa shape index (κ3) is 5.50. The monoisotopic (exact) mass is 211 g/mol. The summed E-state index contributed by atoms with van der Waals surface area (Å²) in [7, 11) is 0. The van der Waals surface area contributed by atoms with Gasteiger partial charge in [-0.25, -0.2) is 4.39 Å². The molecule has 0 unspecified atom stereocenters. The summed E-state index contributed by atoms with van der Waals surface area (Å²) in [5.74, 6) is -0.199. The summed E-state index contributed by atoms with van der Waals surface area (Å²) in [4.78, 5) is 0. The molecule has 0 aliphatic carbocycles. The first-order valence-electron chi connectivity index (χ1n) is 5.15. The van der Waals surface area contributed by atoms with Crippen molar-refractivity contribution in [1.29, 1.82) is 0 Å². The van der Waals surface area contributed by atoms with Crippen LogP contribution in [0, 0.1) is 5.82 Å². The van der Waals surface area contributed by atoms with Gasteiger partial charge in [0.2, 0.25) is 0 Å². The fourth-order valence-corrected chi connectivity index (χ4v) is 1.32. The first-order chi connectivity index (χ1) is 6.97. The van der Waals surface area contributed by atoms with Crippen molar-refractivity contribution in [3.8, 4) is 0 Å². The van der Waals surface area contributed by atoms with Crippen molar-refractivity contribution in [3.63, 3.8) is 0 Å². The van der Waals surface area contributed by atoms with Crippen LogP contribution in [0.5, 0.6) is 0 Å². The fraction of sp³-hybridized carbons (Fsp3) is 0.500. The van der Waals surface area contributed by atoms with Crippen LogP contribution in [0.25, 0.3) is 0 Å². The quantitative estimate of drug-likeness (QED) is 0.727. The van der Waals surface area contributed by atoms with Gasteiger partial charge in [-0.2, -0.15) is 0 Å². The van der Waals surface area contributed by atoms with Crippen LogP contribution < -0.4 is 5.32 Å². The second-order valence-corrected chi connectivity index (χ2v) is 4.37. The normalized spacial score (nSPS) is 11.7. The van der Waals surface area contributed by atoms with Crippen LogP contribution in [0.3, 0.4) is 0 Å². The molecule has 0 amide bonds. The Hall–Kier alpha value is -0.930. The largest absolute Gasteiger partial charge is 0.389 e. The Morgan fingerprint density at radius 1 is 1.40 bits per heavy atom. The summed E-state index contributed by atoms with van der Waals surface area (Å²) in [6.45, 7) is 4.79. The highest BCUT2D eigenvalue weighted by Gasteiger charge is 2.10. The Bertz CT molecular complexity index is 307. The lowest BCUT2D eigenvalue weighted by molar-refractivity contribution is 0.0801. The van der Waals surface area contributed by atoms with E-state index in [0.717, 1.165) is 18.5 Å². The van der Waals surface area contributed by atoms with Crippen LogP contribution in [0.15, 0.2) is 24.3 Å². The molecule has 0 aromatic heterocycles. The van der Waals surface area contributed by atoms with E-state index in [4.69, 9.17) is 0 Å². The number of halogens is 1. The molecule has 15 heavy (non-hydrogen) atoms. The van der Waals surface area contributed by atoms with Crippen molar-refractivity contribution in [2.75, 3.05) is 13.1 Å². The molecule has 0 aliphatic rings. The molecule has 0 radical (unpaired) electrons. The van der Waals surface area contributed by atoms with Gasteiger partial charge in [0, 0.05) is 6.54 Å². The van der Waals surface area contributed by atoms with Gasteiger partial charge in [-0.15, -0.1) is 0 Å². The van der Waals surface area contributed by atoms with E-state index in [1.807, 2.05) is 6.07 Å². The first kappa shape index (κ1) is 12.1. The molecule has 0 atom stereocenters. The number of hydrogen-bond acceptors (Lipinski definition) is 2. The van der Waals surface area contributed by atoms with Gasteiger partial charge in [0.25, 0.3) is 0 Å². The lowest BCUT2D eigenvalue weighted by Crippen LogP contribution is -2.35. The van der Waals surface area contributed by atoms with Gasteiger partial charge in [-0.05, 0) is 44.5 Å². The molecule has 84 valence electrons. The Kier molecular flexibility index (Phi) is 4.24. The number of rotatable bonds is 5. The second-order valence-electron chi connectivity index (χ2n) is 4.37. The first-order valence-corrected chi connectivity index (χ1v) is 5.15. The molecule has 0 aliphatic heterocycles. The van der Waals surface area contributed by atoms with Gasteiger partial charge in [0.15, 0.2) is 0 Å². The van der Waals surface area contributed by atoms with E-state index in [-0.39, 0.29) is 5.82 Å². The zero-order valence-corrected chi connectivity index (χ0v) is 9.26. The van der Waals surface area contributed by atoms with Crippen molar-refractivity contribution in [3.05, 3.63) is 35.6 Å². The van der Waals surface area contributed by atoms with Crippen LogP contribution >= 0.6 is 0 Å². The van der Waals surface area contributed by atoms with Gasteiger partial charge in [-0.3, -0.25) is 0 Å². The lowest BCUT2D eigenvalue weighted by atomic mass is 10.1. The summed E-state index contributed by atoms with van der Waals surface area (Å²) in [6, 6.07) is 6.58. The van der Waals surface area contributed by atoms with Crippen molar-refractivity contribution in [1.82, 2.24) is 5.32 Å². The molecule has 0 saturated heterocycles. The number of hydrogen-bond donors (Lipinski definition) is 2. The highest BCUT2D eigenvalue weighted by atomic mass is 19.1. The van der Waals surface area contributed by atoms with E-state index < -0.39 is 5.60 Å². The predicted octanol–water partition coefficient (Wildman–Crippen LogP) is 1.73. The molecule has 0 spiro atoms. The molecule has 0 bridgehead atoms. The van der Waals surface area contributed by atoms with E-state index in [2.05, 4.69) is 5.32 Å². The number of aliphatic hydroxyl groups is 1. The van der Waals surface area contributed by atoms with Crippen LogP contribution in [-0.2, 0) is 6.42 Å². The average molecular weight is 211 g/mol. The average Bonchev–Trinajstić information content (AvgIpc) is 2.11. The molecule has 3 heteroatoms. The van der Waals surface area contributed by atoms with E-state index >= 15 is 0 Å². The standard InChI is InChI=1S/C12H18FNO/c1-12(2,15)9-14-7-6-10-4-3-5-11(13)8-10/h3-5,8,14-15H,6-7,9H2,1-2H3. The number of benzene rings is 1.